The molecule has 18 heavy (non-hydrogen) atoms. The van der Waals surface area contributed by atoms with Crippen LogP contribution in [0.3, 0.4) is 0 Å². The van der Waals surface area contributed by atoms with Crippen molar-refractivity contribution in [1.82, 2.24) is 0 Å². The van der Waals surface area contributed by atoms with Crippen LogP contribution in [-0.4, -0.2) is 15.5 Å². The van der Waals surface area contributed by atoms with E-state index in [2.05, 4.69) is 0 Å². The first-order chi connectivity index (χ1) is 8.52. The van der Waals surface area contributed by atoms with Crippen LogP contribution in [0.1, 0.15) is 0 Å². The van der Waals surface area contributed by atoms with Gasteiger partial charge < -0.3 is 4.74 Å². The maximum atomic E-state index is 11.2. The number of benzene rings is 2. The Morgan fingerprint density at radius 3 is 2.17 bits per heavy atom. The van der Waals surface area contributed by atoms with Gasteiger partial charge >= 0.3 is 0 Å². The van der Waals surface area contributed by atoms with Crippen LogP contribution < -0.4 is 9.88 Å². The molecule has 0 amide bonds. The Balaban J connectivity index is 2.47. The third-order valence-electron chi connectivity index (χ3n) is 2.60. The van der Waals surface area contributed by atoms with Crippen molar-refractivity contribution >= 4 is 10.0 Å². The van der Waals surface area contributed by atoms with E-state index in [0.717, 1.165) is 16.9 Å². The highest BCUT2D eigenvalue weighted by Gasteiger charge is 2.09. The summed E-state index contributed by atoms with van der Waals surface area (Å²) >= 11 is 0. The summed E-state index contributed by atoms with van der Waals surface area (Å²) in [5, 5.41) is 5.05. The molecule has 2 rings (SSSR count). The summed E-state index contributed by atoms with van der Waals surface area (Å²) in [6.45, 7) is 0. The zero-order chi connectivity index (χ0) is 13.2. The van der Waals surface area contributed by atoms with E-state index in [1.165, 1.54) is 12.1 Å². The van der Waals surface area contributed by atoms with Gasteiger partial charge in [0.25, 0.3) is 0 Å². The van der Waals surface area contributed by atoms with Crippen molar-refractivity contribution in [3.05, 3.63) is 48.5 Å². The van der Waals surface area contributed by atoms with Crippen LogP contribution >= 0.6 is 0 Å². The maximum Gasteiger partial charge on any atom is 0.238 e. The Hall–Kier alpha value is -1.85. The molecule has 0 fully saturated rings. The molecule has 2 aromatic rings. The van der Waals surface area contributed by atoms with Crippen molar-refractivity contribution in [3.8, 4) is 16.9 Å². The van der Waals surface area contributed by atoms with Gasteiger partial charge in [-0.25, -0.2) is 13.6 Å². The third-order valence-corrected chi connectivity index (χ3v) is 3.53. The van der Waals surface area contributed by atoms with Gasteiger partial charge in [0.05, 0.1) is 12.0 Å². The molecule has 0 unspecified atom stereocenters. The molecule has 0 saturated carbocycles. The molecule has 0 bridgehead atoms. The van der Waals surface area contributed by atoms with Gasteiger partial charge in [0.2, 0.25) is 10.0 Å². The first kappa shape index (κ1) is 12.6. The van der Waals surface area contributed by atoms with Gasteiger partial charge in [-0.15, -0.1) is 0 Å². The molecule has 94 valence electrons. The monoisotopic (exact) mass is 263 g/mol. The Kier molecular flexibility index (Phi) is 3.36. The SMILES string of the molecule is COc1ccccc1-c1ccc(S(N)(=O)=O)cc1. The smallest absolute Gasteiger partial charge is 0.238 e. The van der Waals surface area contributed by atoms with Crippen molar-refractivity contribution < 1.29 is 13.2 Å². The molecule has 2 aromatic carbocycles. The fourth-order valence-corrected chi connectivity index (χ4v) is 2.22. The third kappa shape index (κ3) is 2.52. The molecule has 0 aliphatic heterocycles. The van der Waals surface area contributed by atoms with Gasteiger partial charge in [0.1, 0.15) is 5.75 Å². The van der Waals surface area contributed by atoms with Crippen LogP contribution in [0.5, 0.6) is 5.75 Å². The first-order valence-electron chi connectivity index (χ1n) is 5.28. The highest BCUT2D eigenvalue weighted by molar-refractivity contribution is 7.89. The van der Waals surface area contributed by atoms with Gasteiger partial charge in [-0.2, -0.15) is 0 Å². The van der Waals surface area contributed by atoms with Crippen LogP contribution in [0.2, 0.25) is 0 Å². The molecule has 0 aliphatic rings. The molecule has 0 spiro atoms. The Bertz CT molecular complexity index is 648. The summed E-state index contributed by atoms with van der Waals surface area (Å²) in [5.41, 5.74) is 1.78. The van der Waals surface area contributed by atoms with E-state index in [1.807, 2.05) is 24.3 Å². The van der Waals surface area contributed by atoms with Crippen molar-refractivity contribution in [2.75, 3.05) is 7.11 Å². The lowest BCUT2D eigenvalue weighted by atomic mass is 10.1. The molecule has 2 N–H and O–H groups in total. The highest BCUT2D eigenvalue weighted by Crippen LogP contribution is 2.29. The Labute approximate surface area is 106 Å². The number of hydrogen-bond donors (Lipinski definition) is 1. The van der Waals surface area contributed by atoms with E-state index in [0.29, 0.717) is 0 Å². The summed E-state index contributed by atoms with van der Waals surface area (Å²) in [4.78, 5) is 0.0983. The number of methoxy groups -OCH3 is 1. The molecule has 4 nitrogen and oxygen atoms in total. The highest BCUT2D eigenvalue weighted by atomic mass is 32.2. The van der Waals surface area contributed by atoms with E-state index in [1.54, 1.807) is 19.2 Å². The lowest BCUT2D eigenvalue weighted by Gasteiger charge is -2.08. The van der Waals surface area contributed by atoms with Crippen LogP contribution in [-0.2, 0) is 10.0 Å². The number of primary sulfonamides is 1. The van der Waals surface area contributed by atoms with Crippen molar-refractivity contribution in [2.45, 2.75) is 4.90 Å². The number of rotatable bonds is 3. The summed E-state index contributed by atoms with van der Waals surface area (Å²) in [6, 6.07) is 13.9. The number of ether oxygens (including phenoxy) is 1. The first-order valence-corrected chi connectivity index (χ1v) is 6.83. The summed E-state index contributed by atoms with van der Waals surface area (Å²) in [6.07, 6.45) is 0. The van der Waals surface area contributed by atoms with Gasteiger partial charge in [0.15, 0.2) is 0 Å². The predicted octanol–water partition coefficient (Wildman–Crippen LogP) is 2.01. The largest absolute Gasteiger partial charge is 0.496 e. The molecule has 0 atom stereocenters. The normalized spacial score (nSPS) is 11.2. The average Bonchev–Trinajstić information content (AvgIpc) is 2.38. The van der Waals surface area contributed by atoms with E-state index in [9.17, 15) is 8.42 Å². The molecule has 0 saturated heterocycles. The lowest BCUT2D eigenvalue weighted by Crippen LogP contribution is -2.11. The van der Waals surface area contributed by atoms with Crippen molar-refractivity contribution in [3.63, 3.8) is 0 Å². The quantitative estimate of drug-likeness (QED) is 0.921. The molecule has 0 aromatic heterocycles. The maximum absolute atomic E-state index is 11.2. The van der Waals surface area contributed by atoms with Crippen LogP contribution in [0.15, 0.2) is 53.4 Å². The minimum atomic E-state index is -3.65. The molecular formula is C13H13NO3S. The van der Waals surface area contributed by atoms with E-state index in [-0.39, 0.29) is 4.90 Å². The fourth-order valence-electron chi connectivity index (χ4n) is 1.71. The summed E-state index contributed by atoms with van der Waals surface area (Å²) in [5.74, 6) is 0.737. The van der Waals surface area contributed by atoms with Crippen LogP contribution in [0.25, 0.3) is 11.1 Å². The second kappa shape index (κ2) is 4.80. The number of hydrogen-bond acceptors (Lipinski definition) is 3. The molecule has 5 heteroatoms. The molecule has 0 heterocycles. The molecule has 0 radical (unpaired) electrons. The van der Waals surface area contributed by atoms with Crippen molar-refractivity contribution in [2.24, 2.45) is 5.14 Å². The number of para-hydroxylation sites is 1. The predicted molar refractivity (Wildman–Crippen MR) is 69.8 cm³/mol. The zero-order valence-corrected chi connectivity index (χ0v) is 10.6. The minimum Gasteiger partial charge on any atom is -0.496 e. The average molecular weight is 263 g/mol. The van der Waals surface area contributed by atoms with Gasteiger partial charge in [-0.1, -0.05) is 30.3 Å². The fraction of sp³-hybridized carbons (Fsp3) is 0.0769. The van der Waals surface area contributed by atoms with E-state index >= 15 is 0 Å². The van der Waals surface area contributed by atoms with Crippen LogP contribution in [0.4, 0.5) is 0 Å². The standard InChI is InChI=1S/C13H13NO3S/c1-17-13-5-3-2-4-12(13)10-6-8-11(9-7-10)18(14,15)16/h2-9H,1H3,(H2,14,15,16). The topological polar surface area (TPSA) is 69.4 Å². The molecule has 0 aliphatic carbocycles. The van der Waals surface area contributed by atoms with Gasteiger partial charge in [-0.05, 0) is 23.8 Å². The second-order valence-electron chi connectivity index (χ2n) is 3.77. The minimum absolute atomic E-state index is 0.0983. The molecular weight excluding hydrogens is 250 g/mol. The zero-order valence-electron chi connectivity index (χ0n) is 9.83. The van der Waals surface area contributed by atoms with E-state index in [4.69, 9.17) is 9.88 Å². The number of nitrogens with two attached hydrogens (primary N) is 1. The Morgan fingerprint density at radius 2 is 1.61 bits per heavy atom. The van der Waals surface area contributed by atoms with Crippen molar-refractivity contribution in [1.29, 1.82) is 0 Å². The summed E-state index contributed by atoms with van der Waals surface area (Å²) in [7, 11) is -2.05. The number of sulfonamides is 1. The summed E-state index contributed by atoms with van der Waals surface area (Å²) < 4.78 is 27.6. The van der Waals surface area contributed by atoms with Gasteiger partial charge in [-0.3, -0.25) is 0 Å². The van der Waals surface area contributed by atoms with Crippen LogP contribution in [0, 0.1) is 0 Å². The van der Waals surface area contributed by atoms with Gasteiger partial charge in [0, 0.05) is 5.56 Å². The van der Waals surface area contributed by atoms with E-state index < -0.39 is 10.0 Å². The second-order valence-corrected chi connectivity index (χ2v) is 5.33. The Morgan fingerprint density at radius 1 is 1.00 bits per heavy atom. The lowest BCUT2D eigenvalue weighted by molar-refractivity contribution is 0.416.